The lowest BCUT2D eigenvalue weighted by molar-refractivity contribution is 0.252. The Hall–Kier alpha value is -3.19. The Morgan fingerprint density at radius 1 is 0.969 bits per heavy atom. The normalized spacial score (nSPS) is 15.1. The third kappa shape index (κ3) is 4.00. The zero-order valence-corrected chi connectivity index (χ0v) is 18.7. The van der Waals surface area contributed by atoms with Gasteiger partial charge in [0.1, 0.15) is 11.3 Å². The van der Waals surface area contributed by atoms with Crippen LogP contribution in [-0.4, -0.2) is 57.4 Å². The predicted octanol–water partition coefficient (Wildman–Crippen LogP) is 3.73. The summed E-state index contributed by atoms with van der Waals surface area (Å²) in [7, 11) is 0. The van der Waals surface area contributed by atoms with E-state index in [0.29, 0.717) is 5.82 Å². The number of para-hydroxylation sites is 1. The van der Waals surface area contributed by atoms with Crippen LogP contribution in [0.1, 0.15) is 25.5 Å². The van der Waals surface area contributed by atoms with E-state index in [1.807, 2.05) is 24.4 Å². The number of benzene rings is 1. The molecule has 7 heteroatoms. The van der Waals surface area contributed by atoms with E-state index in [0.717, 1.165) is 74.3 Å². The second-order valence-electron chi connectivity index (χ2n) is 8.47. The highest BCUT2D eigenvalue weighted by Crippen LogP contribution is 2.31. The Morgan fingerprint density at radius 2 is 1.78 bits per heavy atom. The summed E-state index contributed by atoms with van der Waals surface area (Å²) in [6.07, 6.45) is 5.20. The summed E-state index contributed by atoms with van der Waals surface area (Å²) in [5.74, 6) is 1.62. The molecule has 0 spiro atoms. The maximum absolute atomic E-state index is 6.26. The highest BCUT2D eigenvalue weighted by molar-refractivity contribution is 6.09. The van der Waals surface area contributed by atoms with Crippen molar-refractivity contribution in [2.45, 2.75) is 32.7 Å². The first-order chi connectivity index (χ1) is 15.7. The average molecular weight is 430 g/mol. The fraction of sp³-hybridized carbons (Fsp3) is 0.400. The maximum atomic E-state index is 6.26. The van der Waals surface area contributed by atoms with E-state index in [2.05, 4.69) is 55.6 Å². The molecule has 5 rings (SSSR count). The van der Waals surface area contributed by atoms with Crippen molar-refractivity contribution in [3.05, 3.63) is 54.4 Å². The molecule has 1 aliphatic rings. The van der Waals surface area contributed by atoms with Crippen LogP contribution in [0.15, 0.2) is 48.7 Å². The molecular formula is C25H31N7. The molecule has 0 atom stereocenters. The number of nitrogens with two attached hydrogens (primary N) is 1. The Balaban J connectivity index is 1.23. The molecule has 166 valence electrons. The van der Waals surface area contributed by atoms with Crippen molar-refractivity contribution in [1.82, 2.24) is 24.6 Å². The van der Waals surface area contributed by atoms with Gasteiger partial charge in [0.2, 0.25) is 0 Å². The van der Waals surface area contributed by atoms with Crippen molar-refractivity contribution >= 4 is 33.4 Å². The minimum absolute atomic E-state index is 0.526. The zero-order valence-electron chi connectivity index (χ0n) is 18.7. The average Bonchev–Trinajstić information content (AvgIpc) is 3.22. The zero-order chi connectivity index (χ0) is 21.9. The molecule has 0 bridgehead atoms. The molecule has 2 N–H and O–H groups in total. The summed E-state index contributed by atoms with van der Waals surface area (Å²) in [5.41, 5.74) is 9.33. The van der Waals surface area contributed by atoms with E-state index in [4.69, 9.17) is 10.8 Å². The Morgan fingerprint density at radius 3 is 2.56 bits per heavy atom. The molecule has 0 aliphatic carbocycles. The van der Waals surface area contributed by atoms with Gasteiger partial charge in [-0.05, 0) is 50.9 Å². The van der Waals surface area contributed by atoms with Gasteiger partial charge in [0.25, 0.3) is 0 Å². The molecule has 0 saturated carbocycles. The molecular weight excluding hydrogens is 398 g/mol. The Labute approximate surface area is 188 Å². The number of nitrogens with zero attached hydrogens (tertiary/aromatic N) is 6. The van der Waals surface area contributed by atoms with Crippen LogP contribution in [0.5, 0.6) is 0 Å². The number of fused-ring (bicyclic) bond motifs is 3. The summed E-state index contributed by atoms with van der Waals surface area (Å²) in [4.78, 5) is 14.0. The summed E-state index contributed by atoms with van der Waals surface area (Å²) < 4.78 is 2.11. The van der Waals surface area contributed by atoms with Gasteiger partial charge in [-0.2, -0.15) is 5.10 Å². The Bertz CT molecular complexity index is 1190. The van der Waals surface area contributed by atoms with Crippen molar-refractivity contribution in [3.63, 3.8) is 0 Å². The number of unbranched alkanes of at least 4 members (excludes halogenated alkanes) is 1. The monoisotopic (exact) mass is 429 g/mol. The van der Waals surface area contributed by atoms with Crippen molar-refractivity contribution in [3.8, 4) is 0 Å². The summed E-state index contributed by atoms with van der Waals surface area (Å²) >= 11 is 0. The lowest BCUT2D eigenvalue weighted by Gasteiger charge is -2.35. The number of anilines is 2. The summed E-state index contributed by atoms with van der Waals surface area (Å²) in [6.45, 7) is 8.40. The lowest BCUT2D eigenvalue weighted by Crippen LogP contribution is -2.46. The highest BCUT2D eigenvalue weighted by Gasteiger charge is 2.19. The molecule has 0 unspecified atom stereocenters. The van der Waals surface area contributed by atoms with Gasteiger partial charge in [0.05, 0.1) is 5.52 Å². The van der Waals surface area contributed by atoms with Gasteiger partial charge in [0.15, 0.2) is 5.82 Å². The van der Waals surface area contributed by atoms with Crippen LogP contribution in [0, 0.1) is 0 Å². The van der Waals surface area contributed by atoms with Crippen LogP contribution in [0.25, 0.3) is 21.8 Å². The first kappa shape index (κ1) is 20.7. The van der Waals surface area contributed by atoms with Gasteiger partial charge in [-0.25, -0.2) is 9.97 Å². The molecule has 1 saturated heterocycles. The van der Waals surface area contributed by atoms with Crippen LogP contribution < -0.4 is 10.6 Å². The summed E-state index contributed by atoms with van der Waals surface area (Å²) in [6, 6.07) is 14.4. The number of aromatic nitrogens is 4. The minimum Gasteiger partial charge on any atom is -0.382 e. The lowest BCUT2D eigenvalue weighted by atomic mass is 10.0. The molecule has 0 amide bonds. The number of nitrogen functional groups attached to an aromatic ring is 1. The molecule has 3 aromatic heterocycles. The van der Waals surface area contributed by atoms with Crippen molar-refractivity contribution in [2.24, 2.45) is 0 Å². The van der Waals surface area contributed by atoms with Gasteiger partial charge in [-0.1, -0.05) is 24.3 Å². The first-order valence-electron chi connectivity index (χ1n) is 11.7. The van der Waals surface area contributed by atoms with Crippen LogP contribution in [0.3, 0.4) is 0 Å². The van der Waals surface area contributed by atoms with E-state index in [9.17, 15) is 0 Å². The number of hydrogen-bond donors (Lipinski definition) is 1. The highest BCUT2D eigenvalue weighted by atomic mass is 15.3. The standard InChI is InChI=1S/C25H31N7/c1-2-32-21(23-19-9-3-4-10-20(19)28-25(26)24(23)29-32)11-6-8-14-30-15-17-31(18-16-30)22-12-5-7-13-27-22/h3-5,7,9-10,12-13H,2,6,8,11,14-18H2,1H3,(H2,26,28). The third-order valence-corrected chi connectivity index (χ3v) is 6.50. The molecule has 4 heterocycles. The van der Waals surface area contributed by atoms with Crippen molar-refractivity contribution in [2.75, 3.05) is 43.4 Å². The van der Waals surface area contributed by atoms with Gasteiger partial charge >= 0.3 is 0 Å². The Kier molecular flexibility index (Phi) is 5.90. The fourth-order valence-corrected chi connectivity index (χ4v) is 4.81. The number of hydrogen-bond acceptors (Lipinski definition) is 6. The molecule has 4 aromatic rings. The fourth-order valence-electron chi connectivity index (χ4n) is 4.81. The van der Waals surface area contributed by atoms with Crippen molar-refractivity contribution in [1.29, 1.82) is 0 Å². The van der Waals surface area contributed by atoms with Crippen LogP contribution in [0.2, 0.25) is 0 Å². The van der Waals surface area contributed by atoms with E-state index in [1.165, 1.54) is 17.5 Å². The molecule has 32 heavy (non-hydrogen) atoms. The minimum atomic E-state index is 0.526. The third-order valence-electron chi connectivity index (χ3n) is 6.50. The smallest absolute Gasteiger partial charge is 0.152 e. The second kappa shape index (κ2) is 9.12. The topological polar surface area (TPSA) is 76.1 Å². The first-order valence-corrected chi connectivity index (χ1v) is 11.7. The van der Waals surface area contributed by atoms with Gasteiger partial charge in [-0.15, -0.1) is 0 Å². The molecule has 1 fully saturated rings. The molecule has 1 aromatic carbocycles. The van der Waals surface area contributed by atoms with Crippen molar-refractivity contribution < 1.29 is 0 Å². The molecule has 0 radical (unpaired) electrons. The number of rotatable bonds is 7. The van der Waals surface area contributed by atoms with E-state index < -0.39 is 0 Å². The number of piperazine rings is 1. The SMILES string of the molecule is CCn1nc2c(N)nc3ccccc3c2c1CCCCN1CCN(c2ccccn2)CC1. The van der Waals surface area contributed by atoms with Crippen LogP contribution in [0.4, 0.5) is 11.6 Å². The van der Waals surface area contributed by atoms with E-state index in [-0.39, 0.29) is 0 Å². The molecule has 7 nitrogen and oxygen atoms in total. The molecule has 1 aliphatic heterocycles. The van der Waals surface area contributed by atoms with Gasteiger partial charge < -0.3 is 10.6 Å². The second-order valence-corrected chi connectivity index (χ2v) is 8.47. The largest absolute Gasteiger partial charge is 0.382 e. The van der Waals surface area contributed by atoms with Crippen LogP contribution in [-0.2, 0) is 13.0 Å². The van der Waals surface area contributed by atoms with Gasteiger partial charge in [-0.3, -0.25) is 9.58 Å². The summed E-state index contributed by atoms with van der Waals surface area (Å²) in [5, 5.41) is 7.12. The number of pyridine rings is 2. The maximum Gasteiger partial charge on any atom is 0.152 e. The van der Waals surface area contributed by atoms with Crippen LogP contribution >= 0.6 is 0 Å². The number of aryl methyl sites for hydroxylation is 2. The predicted molar refractivity (Wildman–Crippen MR) is 131 cm³/mol. The van der Waals surface area contributed by atoms with E-state index in [1.54, 1.807) is 0 Å². The van der Waals surface area contributed by atoms with E-state index >= 15 is 0 Å². The quantitative estimate of drug-likeness (QED) is 0.451. The van der Waals surface area contributed by atoms with Gasteiger partial charge in [0, 0.05) is 55.4 Å².